The van der Waals surface area contributed by atoms with E-state index in [-0.39, 0.29) is 36.4 Å². The molecule has 132 valence electrons. The van der Waals surface area contributed by atoms with Crippen molar-refractivity contribution in [1.29, 1.82) is 0 Å². The van der Waals surface area contributed by atoms with Gasteiger partial charge in [0.1, 0.15) is 11.6 Å². The van der Waals surface area contributed by atoms with Crippen LogP contribution in [0.1, 0.15) is 23.2 Å². The highest BCUT2D eigenvalue weighted by Gasteiger charge is 2.33. The Morgan fingerprint density at radius 1 is 0.960 bits per heavy atom. The zero-order valence-electron chi connectivity index (χ0n) is 13.4. The van der Waals surface area contributed by atoms with E-state index in [2.05, 4.69) is 0 Å². The summed E-state index contributed by atoms with van der Waals surface area (Å²) in [7, 11) is -3.58. The molecule has 1 aliphatic rings. The lowest BCUT2D eigenvalue weighted by Gasteiger charge is -2.31. The highest BCUT2D eigenvalue weighted by Crippen LogP contribution is 2.25. The van der Waals surface area contributed by atoms with Crippen molar-refractivity contribution in [2.75, 3.05) is 13.1 Å². The normalized spacial score (nSPS) is 16.0. The summed E-state index contributed by atoms with van der Waals surface area (Å²) >= 11 is 0. The summed E-state index contributed by atoms with van der Waals surface area (Å²) in [6, 6.07) is 10.5. The highest BCUT2D eigenvalue weighted by atomic mass is 32.2. The second kappa shape index (κ2) is 6.92. The van der Waals surface area contributed by atoms with Gasteiger partial charge in [-0.05, 0) is 49.2 Å². The minimum Gasteiger partial charge on any atom is -0.338 e. The van der Waals surface area contributed by atoms with Gasteiger partial charge in [0.05, 0.1) is 15.7 Å². The fourth-order valence-corrected chi connectivity index (χ4v) is 4.72. The maximum absolute atomic E-state index is 13.7. The van der Waals surface area contributed by atoms with Gasteiger partial charge in [0.2, 0.25) is 0 Å². The van der Waals surface area contributed by atoms with E-state index < -0.39 is 32.6 Å². The molecule has 0 N–H and O–H groups in total. The number of piperidine rings is 1. The summed E-state index contributed by atoms with van der Waals surface area (Å²) in [6.07, 6.45) is 0.528. The molecule has 3 rings (SSSR count). The van der Waals surface area contributed by atoms with E-state index in [0.717, 1.165) is 12.1 Å². The van der Waals surface area contributed by atoms with Gasteiger partial charge in [-0.25, -0.2) is 17.2 Å². The van der Waals surface area contributed by atoms with Gasteiger partial charge in [0.25, 0.3) is 5.91 Å². The molecule has 25 heavy (non-hydrogen) atoms. The number of rotatable bonds is 3. The minimum atomic E-state index is -3.58. The Morgan fingerprint density at radius 2 is 1.56 bits per heavy atom. The third-order valence-electron chi connectivity index (χ3n) is 4.41. The molecule has 0 aromatic heterocycles. The van der Waals surface area contributed by atoms with Gasteiger partial charge in [-0.1, -0.05) is 12.1 Å². The van der Waals surface area contributed by atoms with Crippen LogP contribution in [-0.2, 0) is 9.84 Å². The second-order valence-electron chi connectivity index (χ2n) is 5.97. The van der Waals surface area contributed by atoms with Gasteiger partial charge < -0.3 is 4.90 Å². The summed E-state index contributed by atoms with van der Waals surface area (Å²) < 4.78 is 51.9. The molecule has 0 spiro atoms. The van der Waals surface area contributed by atoms with Crippen molar-refractivity contribution in [3.05, 3.63) is 65.7 Å². The van der Waals surface area contributed by atoms with E-state index in [1.807, 2.05) is 0 Å². The SMILES string of the molecule is O=C(c1ccccc1F)N1CCC(S(=O)(=O)c2ccc(F)cc2)CC1. The third kappa shape index (κ3) is 3.56. The number of likely N-dealkylation sites (tertiary alicyclic amines) is 1. The first kappa shape index (κ1) is 17.5. The van der Waals surface area contributed by atoms with Crippen LogP contribution in [0.4, 0.5) is 8.78 Å². The first-order valence-electron chi connectivity index (χ1n) is 7.93. The maximum Gasteiger partial charge on any atom is 0.256 e. The quantitative estimate of drug-likeness (QED) is 0.786. The molecular weight excluding hydrogens is 348 g/mol. The smallest absolute Gasteiger partial charge is 0.256 e. The largest absolute Gasteiger partial charge is 0.338 e. The van der Waals surface area contributed by atoms with Crippen molar-refractivity contribution < 1.29 is 22.0 Å². The summed E-state index contributed by atoms with van der Waals surface area (Å²) in [5.74, 6) is -1.52. The molecule has 1 fully saturated rings. The van der Waals surface area contributed by atoms with Crippen LogP contribution in [0.25, 0.3) is 0 Å². The minimum absolute atomic E-state index is 0.0117. The summed E-state index contributed by atoms with van der Waals surface area (Å²) in [4.78, 5) is 13.9. The fourth-order valence-electron chi connectivity index (χ4n) is 2.99. The lowest BCUT2D eigenvalue weighted by molar-refractivity contribution is 0.0721. The van der Waals surface area contributed by atoms with Crippen molar-refractivity contribution in [3.8, 4) is 0 Å². The number of hydrogen-bond donors (Lipinski definition) is 0. The van der Waals surface area contributed by atoms with Crippen LogP contribution < -0.4 is 0 Å². The van der Waals surface area contributed by atoms with E-state index in [9.17, 15) is 22.0 Å². The maximum atomic E-state index is 13.7. The number of sulfone groups is 1. The number of halogens is 2. The molecule has 0 radical (unpaired) electrons. The van der Waals surface area contributed by atoms with Gasteiger partial charge in [-0.15, -0.1) is 0 Å². The van der Waals surface area contributed by atoms with Crippen LogP contribution >= 0.6 is 0 Å². The second-order valence-corrected chi connectivity index (χ2v) is 8.20. The zero-order valence-corrected chi connectivity index (χ0v) is 14.2. The van der Waals surface area contributed by atoms with Gasteiger partial charge in [0, 0.05) is 13.1 Å². The number of carbonyl (C=O) groups excluding carboxylic acids is 1. The number of nitrogens with zero attached hydrogens (tertiary/aromatic N) is 1. The van der Waals surface area contributed by atoms with Gasteiger partial charge in [0.15, 0.2) is 9.84 Å². The lowest BCUT2D eigenvalue weighted by Crippen LogP contribution is -2.42. The summed E-state index contributed by atoms with van der Waals surface area (Å²) in [6.45, 7) is 0.469. The zero-order chi connectivity index (χ0) is 18.0. The van der Waals surface area contributed by atoms with Gasteiger partial charge in [-0.3, -0.25) is 4.79 Å². The molecule has 2 aromatic rings. The Hall–Kier alpha value is -2.28. The molecule has 2 aromatic carbocycles. The predicted octanol–water partition coefficient (Wildman–Crippen LogP) is 3.04. The number of amides is 1. The summed E-state index contributed by atoms with van der Waals surface area (Å²) in [5, 5.41) is -0.636. The van der Waals surface area contributed by atoms with E-state index in [4.69, 9.17) is 0 Å². The highest BCUT2D eigenvalue weighted by molar-refractivity contribution is 7.92. The molecule has 1 heterocycles. The Bertz CT molecular complexity index is 873. The molecule has 1 amide bonds. The van der Waals surface area contributed by atoms with Crippen LogP contribution in [0.15, 0.2) is 53.4 Å². The van der Waals surface area contributed by atoms with E-state index in [1.54, 1.807) is 6.07 Å². The van der Waals surface area contributed by atoms with Crippen LogP contribution in [0, 0.1) is 11.6 Å². The van der Waals surface area contributed by atoms with Crippen molar-refractivity contribution in [1.82, 2.24) is 4.90 Å². The molecule has 0 bridgehead atoms. The van der Waals surface area contributed by atoms with Gasteiger partial charge >= 0.3 is 0 Å². The van der Waals surface area contributed by atoms with E-state index in [1.165, 1.54) is 35.2 Å². The Morgan fingerprint density at radius 3 is 2.16 bits per heavy atom. The molecule has 0 aliphatic carbocycles. The summed E-state index contributed by atoms with van der Waals surface area (Å²) in [5.41, 5.74) is -0.0117. The van der Waals surface area contributed by atoms with E-state index >= 15 is 0 Å². The van der Waals surface area contributed by atoms with Crippen molar-refractivity contribution in [3.63, 3.8) is 0 Å². The first-order valence-corrected chi connectivity index (χ1v) is 9.47. The predicted molar refractivity (Wildman–Crippen MR) is 88.9 cm³/mol. The Kier molecular flexibility index (Phi) is 4.85. The Labute approximate surface area is 145 Å². The van der Waals surface area contributed by atoms with Gasteiger partial charge in [-0.2, -0.15) is 0 Å². The van der Waals surface area contributed by atoms with Crippen LogP contribution in [-0.4, -0.2) is 37.6 Å². The number of hydrogen-bond acceptors (Lipinski definition) is 3. The molecule has 4 nitrogen and oxygen atoms in total. The first-order chi connectivity index (χ1) is 11.9. The molecule has 0 saturated carbocycles. The van der Waals surface area contributed by atoms with Crippen molar-refractivity contribution >= 4 is 15.7 Å². The molecule has 1 saturated heterocycles. The number of carbonyl (C=O) groups is 1. The van der Waals surface area contributed by atoms with Crippen LogP contribution in [0.2, 0.25) is 0 Å². The molecule has 0 atom stereocenters. The monoisotopic (exact) mass is 365 g/mol. The van der Waals surface area contributed by atoms with Crippen molar-refractivity contribution in [2.24, 2.45) is 0 Å². The molecule has 0 unspecified atom stereocenters. The lowest BCUT2D eigenvalue weighted by atomic mass is 10.1. The van der Waals surface area contributed by atoms with Crippen molar-refractivity contribution in [2.45, 2.75) is 23.0 Å². The third-order valence-corrected chi connectivity index (χ3v) is 6.69. The topological polar surface area (TPSA) is 54.5 Å². The average Bonchev–Trinajstić information content (AvgIpc) is 2.62. The number of benzene rings is 2. The van der Waals surface area contributed by atoms with Crippen LogP contribution in [0.3, 0.4) is 0 Å². The average molecular weight is 365 g/mol. The molecule has 7 heteroatoms. The Balaban J connectivity index is 1.70. The molecule has 1 aliphatic heterocycles. The van der Waals surface area contributed by atoms with E-state index in [0.29, 0.717) is 0 Å². The van der Waals surface area contributed by atoms with Crippen LogP contribution in [0.5, 0.6) is 0 Å². The standard InChI is InChI=1S/C18H17F2NO3S/c19-13-5-7-14(8-6-13)25(23,24)15-9-11-21(12-10-15)18(22)16-3-1-2-4-17(16)20/h1-8,15H,9-12H2. The molecular formula is C18H17F2NO3S. The fraction of sp³-hybridized carbons (Fsp3) is 0.278.